The minimum absolute atomic E-state index is 0.212. The Kier molecular flexibility index (Phi) is 11.9. The third kappa shape index (κ3) is 8.89. The van der Waals surface area contributed by atoms with Gasteiger partial charge in [-0.3, -0.25) is 0 Å². The third-order valence-corrected chi connectivity index (χ3v) is 11.7. The van der Waals surface area contributed by atoms with Crippen LogP contribution < -0.4 is 5.46 Å². The maximum absolute atomic E-state index is 10.4. The monoisotopic (exact) mass is 754 g/mol. The van der Waals surface area contributed by atoms with Gasteiger partial charge in [0.25, 0.3) is 0 Å². The molecule has 4 aromatic carbocycles. The molecule has 0 amide bonds. The van der Waals surface area contributed by atoms with E-state index < -0.39 is 21.1 Å². The second-order valence-electron chi connectivity index (χ2n) is 17.0. The predicted molar refractivity (Wildman–Crippen MR) is 220 cm³/mol. The second-order valence-corrected chi connectivity index (χ2v) is 17.4. The van der Waals surface area contributed by atoms with Crippen molar-refractivity contribution < 1.29 is 38.1 Å². The first-order valence-electron chi connectivity index (χ1n) is 18.4. The van der Waals surface area contributed by atoms with Crippen LogP contribution in [0.1, 0.15) is 83.1 Å². The molecule has 7 rings (SSSR count). The van der Waals surface area contributed by atoms with E-state index in [9.17, 15) is 10.2 Å². The van der Waals surface area contributed by atoms with Crippen molar-refractivity contribution in [1.82, 2.24) is 0 Å². The molecule has 12 heteroatoms. The zero-order valence-electron chi connectivity index (χ0n) is 33.7. The van der Waals surface area contributed by atoms with E-state index in [1.807, 2.05) is 162 Å². The highest BCUT2D eigenvalue weighted by molar-refractivity contribution is 7.11. The Morgan fingerprint density at radius 2 is 0.759 bits per heavy atom. The van der Waals surface area contributed by atoms with E-state index in [1.54, 1.807) is 18.2 Å². The van der Waals surface area contributed by atoms with Gasteiger partial charge in [0.05, 0.1) is 33.6 Å². The van der Waals surface area contributed by atoms with Crippen LogP contribution in [0.5, 0.6) is 11.5 Å². The number of phenols is 2. The summed E-state index contributed by atoms with van der Waals surface area (Å²) >= 11 is 5.74. The molecule has 2 N–H and O–H groups in total. The molecule has 0 aromatic heterocycles. The van der Waals surface area contributed by atoms with Crippen molar-refractivity contribution in [2.75, 3.05) is 0 Å². The van der Waals surface area contributed by atoms with Gasteiger partial charge in [0.1, 0.15) is 11.5 Å². The summed E-state index contributed by atoms with van der Waals surface area (Å²) in [6.45, 7) is 24.3. The van der Waals surface area contributed by atoms with Crippen molar-refractivity contribution in [3.63, 3.8) is 0 Å². The van der Waals surface area contributed by atoms with Crippen LogP contribution in [0.4, 0.5) is 0 Å². The van der Waals surface area contributed by atoms with Crippen LogP contribution >= 0.6 is 11.6 Å². The number of rotatable bonds is 4. The highest BCUT2D eigenvalue weighted by Gasteiger charge is 2.63. The smallest absolute Gasteiger partial charge is 0.494 e. The number of benzene rings is 4. The largest absolute Gasteiger partial charge is 0.507 e. The zero-order chi connectivity index (χ0) is 39.9. The fourth-order valence-corrected chi connectivity index (χ4v) is 6.07. The predicted octanol–water partition coefficient (Wildman–Crippen LogP) is 9.32. The maximum Gasteiger partial charge on any atom is 0.494 e. The molecular weight excluding hydrogens is 700 g/mol. The Morgan fingerprint density at radius 1 is 0.426 bits per heavy atom. The molecule has 8 nitrogen and oxygen atoms in total. The molecule has 3 heterocycles. The van der Waals surface area contributed by atoms with Gasteiger partial charge < -0.3 is 38.1 Å². The molecule has 0 atom stereocenters. The number of hydrogen-bond donors (Lipinski definition) is 2. The second kappa shape index (κ2) is 15.3. The van der Waals surface area contributed by atoms with Gasteiger partial charge in [-0.25, -0.2) is 0 Å². The summed E-state index contributed by atoms with van der Waals surface area (Å²) in [6, 6.07) is 30.2. The number of hydrogen-bond acceptors (Lipinski definition) is 8. The van der Waals surface area contributed by atoms with Gasteiger partial charge in [0.2, 0.25) is 0 Å². The SMILES string of the molecule is CC1(C)OB(B2OC(C)(C)C(C)(C)O2)OC1(C)C.CC1(C)OB(c2ccc(-c3ccccc3)c(O)c2)OC1(C)C.Oc1cc(Cl)ccc1-c1ccccc1. The van der Waals surface area contributed by atoms with E-state index in [4.69, 9.17) is 39.5 Å². The van der Waals surface area contributed by atoms with Crippen molar-refractivity contribution in [2.45, 2.75) is 117 Å². The Labute approximate surface area is 327 Å². The molecule has 3 saturated heterocycles. The lowest BCUT2D eigenvalue weighted by molar-refractivity contribution is 0.00578. The summed E-state index contributed by atoms with van der Waals surface area (Å²) in [4.78, 5) is 0. The number of halogens is 1. The Balaban J connectivity index is 0.000000160. The molecule has 0 spiro atoms. The Hall–Kier alpha value is -3.28. The van der Waals surface area contributed by atoms with E-state index in [2.05, 4.69) is 0 Å². The van der Waals surface area contributed by atoms with Crippen LogP contribution in [0.15, 0.2) is 97.1 Å². The number of phenolic OH excluding ortho intramolecular Hbond substituents is 2. The van der Waals surface area contributed by atoms with E-state index in [1.165, 1.54) is 0 Å². The first-order chi connectivity index (χ1) is 25.0. The van der Waals surface area contributed by atoms with Crippen LogP contribution in [0.2, 0.25) is 5.02 Å². The minimum Gasteiger partial charge on any atom is -0.507 e. The zero-order valence-corrected chi connectivity index (χ0v) is 34.4. The van der Waals surface area contributed by atoms with Gasteiger partial charge in [-0.05, 0) is 124 Å². The normalized spacial score (nSPS) is 21.2. The lowest BCUT2D eigenvalue weighted by Gasteiger charge is -2.32. The quantitative estimate of drug-likeness (QED) is 0.199. The standard InChI is InChI=1S/C18H21BO3.C12H24B2O4.C12H9ClO/c1-17(2)18(3,4)22-19(21-17)14-10-11-15(16(20)12-14)13-8-6-5-7-9-13;1-9(2)10(3,4)16-13(15-9)14-17-11(5,6)12(7,8)18-14;13-10-6-7-11(12(14)8-10)9-4-2-1-3-5-9/h5-12,20H,1-4H3;1-8H3;1-8,14H. The molecular formula is C42H54B3ClO8. The highest BCUT2D eigenvalue weighted by atomic mass is 35.5. The molecule has 3 aliphatic rings. The molecule has 3 fully saturated rings. The lowest BCUT2D eigenvalue weighted by atomic mass is 9.49. The Bertz CT molecular complexity index is 1820. The molecule has 4 aromatic rings. The van der Waals surface area contributed by atoms with Crippen molar-refractivity contribution >= 4 is 38.2 Å². The van der Waals surface area contributed by atoms with Gasteiger partial charge in [-0.2, -0.15) is 0 Å². The van der Waals surface area contributed by atoms with Gasteiger partial charge >= 0.3 is 21.1 Å². The van der Waals surface area contributed by atoms with E-state index >= 15 is 0 Å². The summed E-state index contributed by atoms with van der Waals surface area (Å²) in [5.41, 5.74) is 2.20. The molecule has 0 unspecified atom stereocenters. The summed E-state index contributed by atoms with van der Waals surface area (Å²) < 4.78 is 35.9. The maximum atomic E-state index is 10.4. The average molecular weight is 755 g/mol. The van der Waals surface area contributed by atoms with Crippen molar-refractivity contribution in [3.05, 3.63) is 102 Å². The van der Waals surface area contributed by atoms with E-state index in [0.717, 1.165) is 27.7 Å². The fourth-order valence-electron chi connectivity index (χ4n) is 5.90. The summed E-state index contributed by atoms with van der Waals surface area (Å²) in [6.07, 6.45) is 0. The van der Waals surface area contributed by atoms with Gasteiger partial charge in [-0.15, -0.1) is 0 Å². The molecule has 0 radical (unpaired) electrons. The van der Waals surface area contributed by atoms with Crippen molar-refractivity contribution in [1.29, 1.82) is 0 Å². The molecule has 3 aliphatic heterocycles. The van der Waals surface area contributed by atoms with E-state index in [0.29, 0.717) is 5.02 Å². The summed E-state index contributed by atoms with van der Waals surface area (Å²) in [7, 11) is -1.41. The van der Waals surface area contributed by atoms with Crippen LogP contribution in [-0.2, 0) is 27.9 Å². The minimum atomic E-state index is -0.476. The van der Waals surface area contributed by atoms with Crippen LogP contribution in [0, 0.1) is 0 Å². The van der Waals surface area contributed by atoms with Crippen molar-refractivity contribution in [3.8, 4) is 33.8 Å². The molecule has 0 aliphatic carbocycles. The summed E-state index contributed by atoms with van der Waals surface area (Å²) in [5, 5.41) is 20.6. The molecule has 286 valence electrons. The van der Waals surface area contributed by atoms with Gasteiger partial charge in [0.15, 0.2) is 0 Å². The van der Waals surface area contributed by atoms with Crippen molar-refractivity contribution in [2.24, 2.45) is 0 Å². The number of aromatic hydroxyl groups is 2. The fraction of sp³-hybridized carbons (Fsp3) is 0.429. The highest BCUT2D eigenvalue weighted by Crippen LogP contribution is 2.43. The first kappa shape index (κ1) is 41.9. The molecule has 0 bridgehead atoms. The summed E-state index contributed by atoms with van der Waals surface area (Å²) in [5.74, 6) is 0.446. The average Bonchev–Trinajstić information content (AvgIpc) is 3.55. The van der Waals surface area contributed by atoms with Gasteiger partial charge in [-0.1, -0.05) is 84.4 Å². The van der Waals surface area contributed by atoms with Crippen LogP contribution in [0.3, 0.4) is 0 Å². The molecule has 54 heavy (non-hydrogen) atoms. The van der Waals surface area contributed by atoms with Gasteiger partial charge in [0, 0.05) is 16.1 Å². The third-order valence-electron chi connectivity index (χ3n) is 11.4. The Morgan fingerprint density at radius 3 is 1.11 bits per heavy atom. The topological polar surface area (TPSA) is 95.8 Å². The van der Waals surface area contributed by atoms with E-state index in [-0.39, 0.29) is 45.1 Å². The first-order valence-corrected chi connectivity index (χ1v) is 18.8. The lowest BCUT2D eigenvalue weighted by Crippen LogP contribution is -2.41. The van der Waals surface area contributed by atoms with Crippen LogP contribution in [-0.4, -0.2) is 65.0 Å². The van der Waals surface area contributed by atoms with Crippen LogP contribution in [0.25, 0.3) is 22.3 Å². The molecule has 0 saturated carbocycles.